The molecule has 2 aromatic rings. The molecule has 2 aromatic carbocycles. The molecule has 0 bridgehead atoms. The van der Waals surface area contributed by atoms with Crippen LogP contribution in [0.25, 0.3) is 0 Å². The molecular weight excluding hydrogens is 344 g/mol. The molecule has 140 valence electrons. The van der Waals surface area contributed by atoms with Crippen LogP contribution >= 0.6 is 0 Å². The first-order valence-corrected chi connectivity index (χ1v) is 8.39. The van der Waals surface area contributed by atoms with Gasteiger partial charge >= 0.3 is 0 Å². The fraction of sp³-hybridized carbons (Fsp3) is 0.200. The Labute approximate surface area is 158 Å². The average Bonchev–Trinajstić information content (AvgIpc) is 2.65. The van der Waals surface area contributed by atoms with E-state index in [4.69, 9.17) is 4.74 Å². The zero-order valence-corrected chi connectivity index (χ0v) is 15.3. The molecule has 0 radical (unpaired) electrons. The maximum atomic E-state index is 11.6. The van der Waals surface area contributed by atoms with Gasteiger partial charge in [0.05, 0.1) is 12.4 Å². The second kappa shape index (κ2) is 10.6. The van der Waals surface area contributed by atoms with Gasteiger partial charge in [0.1, 0.15) is 13.2 Å². The van der Waals surface area contributed by atoms with Crippen molar-refractivity contribution in [1.82, 2.24) is 10.9 Å². The number of ether oxygens (including phenoxy) is 1. The number of benzene rings is 2. The number of hydrazone groups is 2. The van der Waals surface area contributed by atoms with Crippen molar-refractivity contribution >= 4 is 24.2 Å². The number of nitrogens with zero attached hydrogens (tertiary/aromatic N) is 2. The first-order valence-electron chi connectivity index (χ1n) is 8.39. The SMILES string of the molecule is Cc1ccccc1/C=N/NC(=O)COCC(=O)N/N=C/c1ccccc1C. The Balaban J connectivity index is 1.65. The summed E-state index contributed by atoms with van der Waals surface area (Å²) in [7, 11) is 0. The van der Waals surface area contributed by atoms with Crippen molar-refractivity contribution in [2.24, 2.45) is 10.2 Å². The summed E-state index contributed by atoms with van der Waals surface area (Å²) in [5.41, 5.74) is 8.61. The van der Waals surface area contributed by atoms with E-state index >= 15 is 0 Å². The number of hydrogen-bond donors (Lipinski definition) is 2. The van der Waals surface area contributed by atoms with Crippen LogP contribution in [0.2, 0.25) is 0 Å². The number of rotatable bonds is 8. The number of aryl methyl sites for hydroxylation is 2. The summed E-state index contributed by atoms with van der Waals surface area (Å²) in [6, 6.07) is 15.3. The van der Waals surface area contributed by atoms with E-state index in [-0.39, 0.29) is 13.2 Å². The molecule has 0 heterocycles. The molecule has 7 nitrogen and oxygen atoms in total. The number of carbonyl (C=O) groups excluding carboxylic acids is 2. The van der Waals surface area contributed by atoms with Gasteiger partial charge in [-0.1, -0.05) is 48.5 Å². The third kappa shape index (κ3) is 7.21. The molecule has 2 N–H and O–H groups in total. The lowest BCUT2D eigenvalue weighted by Crippen LogP contribution is -2.28. The third-order valence-electron chi connectivity index (χ3n) is 3.63. The first kappa shape index (κ1) is 20.0. The number of hydrogen-bond acceptors (Lipinski definition) is 5. The maximum absolute atomic E-state index is 11.6. The van der Waals surface area contributed by atoms with E-state index in [1.54, 1.807) is 12.4 Å². The van der Waals surface area contributed by atoms with Crippen LogP contribution in [0.3, 0.4) is 0 Å². The van der Waals surface area contributed by atoms with Crippen molar-refractivity contribution in [2.45, 2.75) is 13.8 Å². The molecule has 27 heavy (non-hydrogen) atoms. The van der Waals surface area contributed by atoms with E-state index in [9.17, 15) is 9.59 Å². The van der Waals surface area contributed by atoms with E-state index in [0.717, 1.165) is 22.3 Å². The molecule has 0 unspecified atom stereocenters. The fourth-order valence-electron chi connectivity index (χ4n) is 2.11. The van der Waals surface area contributed by atoms with E-state index in [2.05, 4.69) is 21.1 Å². The first-order chi connectivity index (χ1) is 13.1. The number of carbonyl (C=O) groups is 2. The number of amides is 2. The molecular formula is C20H22N4O3. The molecule has 0 aromatic heterocycles. The molecule has 0 aliphatic heterocycles. The zero-order valence-electron chi connectivity index (χ0n) is 15.3. The maximum Gasteiger partial charge on any atom is 0.266 e. The highest BCUT2D eigenvalue weighted by molar-refractivity contribution is 5.85. The van der Waals surface area contributed by atoms with E-state index < -0.39 is 11.8 Å². The molecule has 0 atom stereocenters. The summed E-state index contributed by atoms with van der Waals surface area (Å²) in [6.45, 7) is 3.35. The zero-order chi connectivity index (χ0) is 19.5. The van der Waals surface area contributed by atoms with Crippen molar-refractivity contribution in [3.8, 4) is 0 Å². The quantitative estimate of drug-likeness (QED) is 0.552. The van der Waals surface area contributed by atoms with Crippen LogP contribution in [0, 0.1) is 13.8 Å². The highest BCUT2D eigenvalue weighted by Gasteiger charge is 2.04. The molecule has 0 aliphatic rings. The van der Waals surface area contributed by atoms with Crippen molar-refractivity contribution in [3.05, 3.63) is 70.8 Å². The van der Waals surface area contributed by atoms with Gasteiger partial charge < -0.3 is 4.74 Å². The van der Waals surface area contributed by atoms with Gasteiger partial charge in [0.15, 0.2) is 0 Å². The molecule has 7 heteroatoms. The van der Waals surface area contributed by atoms with Gasteiger partial charge in [0.25, 0.3) is 11.8 Å². The largest absolute Gasteiger partial charge is 0.362 e. The van der Waals surface area contributed by atoms with Crippen LogP contribution in [0.15, 0.2) is 58.7 Å². The minimum atomic E-state index is -0.448. The Morgan fingerprint density at radius 3 is 1.63 bits per heavy atom. The normalized spacial score (nSPS) is 11.0. The van der Waals surface area contributed by atoms with Gasteiger partial charge in [-0.15, -0.1) is 0 Å². The molecule has 0 saturated carbocycles. The lowest BCUT2D eigenvalue weighted by atomic mass is 10.1. The topological polar surface area (TPSA) is 92.1 Å². The lowest BCUT2D eigenvalue weighted by Gasteiger charge is -2.03. The van der Waals surface area contributed by atoms with E-state index in [1.165, 1.54) is 0 Å². The predicted octanol–water partition coefficient (Wildman–Crippen LogP) is 1.92. The highest BCUT2D eigenvalue weighted by atomic mass is 16.5. The van der Waals surface area contributed by atoms with Gasteiger partial charge in [-0.2, -0.15) is 10.2 Å². The summed E-state index contributed by atoms with van der Waals surface area (Å²) < 4.78 is 5.04. The second-order valence-corrected chi connectivity index (χ2v) is 5.79. The molecule has 0 saturated heterocycles. The summed E-state index contributed by atoms with van der Waals surface area (Å²) in [4.78, 5) is 23.3. The minimum Gasteiger partial charge on any atom is -0.362 e. The Kier molecular flexibility index (Phi) is 7.87. The Bertz CT molecular complexity index is 777. The molecule has 0 fully saturated rings. The Morgan fingerprint density at radius 1 is 0.815 bits per heavy atom. The lowest BCUT2D eigenvalue weighted by molar-refractivity contribution is -0.130. The standard InChI is InChI=1S/C20H22N4O3/c1-15-7-3-5-9-17(15)11-21-23-19(25)13-27-14-20(26)24-22-12-18-10-6-4-8-16(18)2/h3-12H,13-14H2,1-2H3,(H,23,25)(H,24,26)/b21-11+,22-12+. The smallest absolute Gasteiger partial charge is 0.266 e. The summed E-state index contributed by atoms with van der Waals surface area (Å²) in [6.07, 6.45) is 3.11. The van der Waals surface area contributed by atoms with E-state index in [0.29, 0.717) is 0 Å². The van der Waals surface area contributed by atoms with E-state index in [1.807, 2.05) is 62.4 Å². The Morgan fingerprint density at radius 2 is 1.22 bits per heavy atom. The van der Waals surface area contributed by atoms with Crippen LogP contribution in [0.1, 0.15) is 22.3 Å². The van der Waals surface area contributed by atoms with Crippen LogP contribution in [0.5, 0.6) is 0 Å². The highest BCUT2D eigenvalue weighted by Crippen LogP contribution is 2.03. The molecule has 0 spiro atoms. The van der Waals surface area contributed by atoms with Crippen molar-refractivity contribution in [2.75, 3.05) is 13.2 Å². The van der Waals surface area contributed by atoms with Crippen LogP contribution in [-0.2, 0) is 14.3 Å². The molecule has 0 aliphatic carbocycles. The molecule has 2 rings (SSSR count). The Hall–Kier alpha value is -3.32. The van der Waals surface area contributed by atoms with Crippen LogP contribution in [-0.4, -0.2) is 37.5 Å². The second-order valence-electron chi connectivity index (χ2n) is 5.79. The van der Waals surface area contributed by atoms with Crippen LogP contribution < -0.4 is 10.9 Å². The average molecular weight is 366 g/mol. The van der Waals surface area contributed by atoms with Crippen molar-refractivity contribution < 1.29 is 14.3 Å². The summed E-state index contributed by atoms with van der Waals surface area (Å²) >= 11 is 0. The minimum absolute atomic E-state index is 0.278. The predicted molar refractivity (Wildman–Crippen MR) is 105 cm³/mol. The van der Waals surface area contributed by atoms with Gasteiger partial charge in [-0.3, -0.25) is 9.59 Å². The number of nitrogens with one attached hydrogen (secondary N) is 2. The molecule has 2 amide bonds. The van der Waals surface area contributed by atoms with Gasteiger partial charge in [0.2, 0.25) is 0 Å². The van der Waals surface area contributed by atoms with Crippen molar-refractivity contribution in [3.63, 3.8) is 0 Å². The van der Waals surface area contributed by atoms with Crippen LogP contribution in [0.4, 0.5) is 0 Å². The van der Waals surface area contributed by atoms with Gasteiger partial charge in [-0.05, 0) is 36.1 Å². The summed E-state index contributed by atoms with van der Waals surface area (Å²) in [5, 5.41) is 7.73. The third-order valence-corrected chi connectivity index (χ3v) is 3.63. The van der Waals surface area contributed by atoms with Gasteiger partial charge in [0, 0.05) is 0 Å². The summed E-state index contributed by atoms with van der Waals surface area (Å²) in [5.74, 6) is -0.896. The monoisotopic (exact) mass is 366 g/mol. The van der Waals surface area contributed by atoms with Crippen molar-refractivity contribution in [1.29, 1.82) is 0 Å². The fourth-order valence-corrected chi connectivity index (χ4v) is 2.11. The van der Waals surface area contributed by atoms with Gasteiger partial charge in [-0.25, -0.2) is 10.9 Å².